The van der Waals surface area contributed by atoms with Crippen LogP contribution >= 0.6 is 0 Å². The van der Waals surface area contributed by atoms with E-state index in [2.05, 4.69) is 16.7 Å². The molecule has 0 spiro atoms. The summed E-state index contributed by atoms with van der Waals surface area (Å²) >= 11 is 0. The molecule has 0 saturated carbocycles. The van der Waals surface area contributed by atoms with E-state index in [1.165, 1.54) is 12.1 Å². The quantitative estimate of drug-likeness (QED) is 0.880. The fourth-order valence-corrected chi connectivity index (χ4v) is 3.11. The summed E-state index contributed by atoms with van der Waals surface area (Å²) in [6.45, 7) is 1.60. The second-order valence-corrected chi connectivity index (χ2v) is 5.71. The zero-order chi connectivity index (χ0) is 15.5. The Kier molecular flexibility index (Phi) is 4.39. The minimum absolute atomic E-state index is 0.0634. The summed E-state index contributed by atoms with van der Waals surface area (Å²) in [4.78, 5) is 0. The second kappa shape index (κ2) is 6.44. The van der Waals surface area contributed by atoms with E-state index in [1.54, 1.807) is 18.2 Å². The Labute approximate surface area is 129 Å². The summed E-state index contributed by atoms with van der Waals surface area (Å²) in [5.74, 6) is -0.379. The SMILES string of the molecule is CNCCC(c1ccc(F)cc1)c1cc(F)c2c(c1)CCN2. The molecule has 116 valence electrons. The molecular weight excluding hydrogens is 282 g/mol. The van der Waals surface area contributed by atoms with Gasteiger partial charge in [-0.1, -0.05) is 18.2 Å². The largest absolute Gasteiger partial charge is 0.382 e. The van der Waals surface area contributed by atoms with Gasteiger partial charge in [0.1, 0.15) is 11.6 Å². The zero-order valence-electron chi connectivity index (χ0n) is 12.6. The highest BCUT2D eigenvalue weighted by Gasteiger charge is 2.21. The van der Waals surface area contributed by atoms with E-state index in [0.29, 0.717) is 5.69 Å². The Bertz CT molecular complexity index is 653. The number of hydrogen-bond acceptors (Lipinski definition) is 2. The predicted molar refractivity (Wildman–Crippen MR) is 85.4 cm³/mol. The van der Waals surface area contributed by atoms with Crippen molar-refractivity contribution < 1.29 is 8.78 Å². The van der Waals surface area contributed by atoms with E-state index < -0.39 is 0 Å². The van der Waals surface area contributed by atoms with Gasteiger partial charge >= 0.3 is 0 Å². The molecule has 1 heterocycles. The van der Waals surface area contributed by atoms with Gasteiger partial charge in [0.25, 0.3) is 0 Å². The fraction of sp³-hybridized carbons (Fsp3) is 0.333. The van der Waals surface area contributed by atoms with E-state index >= 15 is 0 Å². The third kappa shape index (κ3) is 2.97. The number of hydrogen-bond donors (Lipinski definition) is 2. The number of rotatable bonds is 5. The molecule has 1 atom stereocenters. The van der Waals surface area contributed by atoms with Crippen LogP contribution in [0.1, 0.15) is 29.0 Å². The molecule has 0 bridgehead atoms. The van der Waals surface area contributed by atoms with Crippen LogP contribution in [-0.4, -0.2) is 20.1 Å². The van der Waals surface area contributed by atoms with Gasteiger partial charge in [-0.15, -0.1) is 0 Å². The van der Waals surface area contributed by atoms with Crippen LogP contribution in [-0.2, 0) is 6.42 Å². The first-order valence-electron chi connectivity index (χ1n) is 7.65. The maximum atomic E-state index is 14.3. The Hall–Kier alpha value is -1.94. The van der Waals surface area contributed by atoms with Gasteiger partial charge in [0.15, 0.2) is 0 Å². The van der Waals surface area contributed by atoms with Crippen molar-refractivity contribution in [2.75, 3.05) is 25.5 Å². The van der Waals surface area contributed by atoms with E-state index in [9.17, 15) is 8.78 Å². The fourth-order valence-electron chi connectivity index (χ4n) is 3.11. The van der Waals surface area contributed by atoms with Gasteiger partial charge in [-0.25, -0.2) is 8.78 Å². The molecule has 2 N–H and O–H groups in total. The van der Waals surface area contributed by atoms with Crippen molar-refractivity contribution >= 4 is 5.69 Å². The normalized spacial score (nSPS) is 14.5. The van der Waals surface area contributed by atoms with Crippen molar-refractivity contribution in [1.82, 2.24) is 5.32 Å². The van der Waals surface area contributed by atoms with Crippen molar-refractivity contribution in [3.63, 3.8) is 0 Å². The number of nitrogens with one attached hydrogen (secondary N) is 2. The van der Waals surface area contributed by atoms with Crippen molar-refractivity contribution in [2.45, 2.75) is 18.8 Å². The molecule has 0 radical (unpaired) electrons. The van der Waals surface area contributed by atoms with Gasteiger partial charge in [0, 0.05) is 12.5 Å². The smallest absolute Gasteiger partial charge is 0.146 e. The lowest BCUT2D eigenvalue weighted by Gasteiger charge is -2.19. The molecule has 0 fully saturated rings. The molecule has 0 saturated heterocycles. The highest BCUT2D eigenvalue weighted by molar-refractivity contribution is 5.58. The average Bonchev–Trinajstić information content (AvgIpc) is 2.98. The minimum atomic E-state index is -0.250. The standard InChI is InChI=1S/C18H20F2N2/c1-21-8-7-16(12-2-4-15(19)5-3-12)14-10-13-6-9-22-18(13)17(20)11-14/h2-5,10-11,16,21-22H,6-9H2,1H3. The first-order chi connectivity index (χ1) is 10.7. The number of halogens is 2. The zero-order valence-corrected chi connectivity index (χ0v) is 12.6. The summed E-state index contributed by atoms with van der Waals surface area (Å²) in [7, 11) is 1.90. The van der Waals surface area contributed by atoms with Crippen molar-refractivity contribution in [3.8, 4) is 0 Å². The summed E-state index contributed by atoms with van der Waals surface area (Å²) in [6.07, 6.45) is 1.69. The lowest BCUT2D eigenvalue weighted by molar-refractivity contribution is 0.614. The summed E-state index contributed by atoms with van der Waals surface area (Å²) < 4.78 is 27.4. The van der Waals surface area contributed by atoms with Crippen LogP contribution in [0, 0.1) is 11.6 Å². The molecule has 0 aromatic heterocycles. The second-order valence-electron chi connectivity index (χ2n) is 5.71. The molecular formula is C18H20F2N2. The van der Waals surface area contributed by atoms with E-state index in [-0.39, 0.29) is 17.6 Å². The van der Waals surface area contributed by atoms with Crippen LogP contribution in [0.2, 0.25) is 0 Å². The van der Waals surface area contributed by atoms with Gasteiger partial charge in [-0.05, 0) is 61.3 Å². The van der Waals surface area contributed by atoms with Crippen LogP contribution < -0.4 is 10.6 Å². The van der Waals surface area contributed by atoms with Gasteiger partial charge < -0.3 is 10.6 Å². The highest BCUT2D eigenvalue weighted by atomic mass is 19.1. The van der Waals surface area contributed by atoms with Crippen LogP contribution in [0.5, 0.6) is 0 Å². The average molecular weight is 302 g/mol. The maximum Gasteiger partial charge on any atom is 0.146 e. The molecule has 3 rings (SSSR count). The van der Waals surface area contributed by atoms with Gasteiger partial charge in [-0.3, -0.25) is 0 Å². The van der Waals surface area contributed by atoms with Crippen LogP contribution in [0.15, 0.2) is 36.4 Å². The first-order valence-corrected chi connectivity index (χ1v) is 7.65. The van der Waals surface area contributed by atoms with E-state index in [1.807, 2.05) is 7.05 Å². The molecule has 22 heavy (non-hydrogen) atoms. The molecule has 0 aliphatic carbocycles. The van der Waals surface area contributed by atoms with Crippen LogP contribution in [0.3, 0.4) is 0 Å². The van der Waals surface area contributed by atoms with E-state index in [0.717, 1.165) is 42.6 Å². The Morgan fingerprint density at radius 3 is 2.64 bits per heavy atom. The summed E-state index contributed by atoms with van der Waals surface area (Å²) in [6, 6.07) is 10.2. The lowest BCUT2D eigenvalue weighted by Crippen LogP contribution is -2.13. The molecule has 0 amide bonds. The number of benzene rings is 2. The predicted octanol–water partition coefficient (Wildman–Crippen LogP) is 3.67. The summed E-state index contributed by atoms with van der Waals surface area (Å²) in [5.41, 5.74) is 3.64. The van der Waals surface area contributed by atoms with Gasteiger partial charge in [-0.2, -0.15) is 0 Å². The monoisotopic (exact) mass is 302 g/mol. The molecule has 2 aromatic carbocycles. The van der Waals surface area contributed by atoms with Crippen molar-refractivity contribution in [2.24, 2.45) is 0 Å². The van der Waals surface area contributed by atoms with Gasteiger partial charge in [0.05, 0.1) is 5.69 Å². The Morgan fingerprint density at radius 1 is 1.14 bits per heavy atom. The maximum absolute atomic E-state index is 14.3. The minimum Gasteiger partial charge on any atom is -0.382 e. The molecule has 1 aliphatic rings. The lowest BCUT2D eigenvalue weighted by atomic mass is 9.87. The third-order valence-electron chi connectivity index (χ3n) is 4.25. The molecule has 1 aliphatic heterocycles. The molecule has 4 heteroatoms. The first kappa shape index (κ1) is 15.0. The van der Waals surface area contributed by atoms with Crippen molar-refractivity contribution in [3.05, 3.63) is 64.7 Å². The number of fused-ring (bicyclic) bond motifs is 1. The number of anilines is 1. The third-order valence-corrected chi connectivity index (χ3v) is 4.25. The van der Waals surface area contributed by atoms with Crippen molar-refractivity contribution in [1.29, 1.82) is 0 Å². The van der Waals surface area contributed by atoms with E-state index in [4.69, 9.17) is 0 Å². The molecule has 1 unspecified atom stereocenters. The van der Waals surface area contributed by atoms with Crippen LogP contribution in [0.25, 0.3) is 0 Å². The molecule has 2 aromatic rings. The van der Waals surface area contributed by atoms with Crippen LogP contribution in [0.4, 0.5) is 14.5 Å². The summed E-state index contributed by atoms with van der Waals surface area (Å²) in [5, 5.41) is 6.22. The Morgan fingerprint density at radius 2 is 1.91 bits per heavy atom. The highest BCUT2D eigenvalue weighted by Crippen LogP contribution is 2.34. The topological polar surface area (TPSA) is 24.1 Å². The van der Waals surface area contributed by atoms with Gasteiger partial charge in [0.2, 0.25) is 0 Å². The molecule has 2 nitrogen and oxygen atoms in total. The Balaban J connectivity index is 1.98.